The molecule has 1 aliphatic heterocycles. The van der Waals surface area contributed by atoms with Gasteiger partial charge in [0, 0.05) is 51.4 Å². The van der Waals surface area contributed by atoms with Gasteiger partial charge in [0.15, 0.2) is 0 Å². The molecule has 2 heterocycles. The Labute approximate surface area is 122 Å². The van der Waals surface area contributed by atoms with E-state index in [1.807, 2.05) is 13.2 Å². The van der Waals surface area contributed by atoms with Crippen LogP contribution in [0.1, 0.15) is 19.0 Å². The summed E-state index contributed by atoms with van der Waals surface area (Å²) < 4.78 is 1.78. The summed E-state index contributed by atoms with van der Waals surface area (Å²) in [5, 5.41) is 12.0. The lowest BCUT2D eigenvalue weighted by Gasteiger charge is -2.42. The van der Waals surface area contributed by atoms with Crippen LogP contribution in [0.5, 0.6) is 0 Å². The Kier molecular flexibility index (Phi) is 5.51. The van der Waals surface area contributed by atoms with Crippen LogP contribution in [-0.4, -0.2) is 77.2 Å². The van der Waals surface area contributed by atoms with Crippen molar-refractivity contribution in [3.8, 4) is 0 Å². The molecule has 0 aromatic carbocycles. The Bertz CT molecular complexity index is 404. The van der Waals surface area contributed by atoms with Crippen LogP contribution in [0.2, 0.25) is 0 Å². The van der Waals surface area contributed by atoms with E-state index in [0.29, 0.717) is 12.1 Å². The van der Waals surface area contributed by atoms with Gasteiger partial charge in [-0.15, -0.1) is 5.10 Å². The zero-order valence-electron chi connectivity index (χ0n) is 13.2. The molecule has 1 saturated heterocycles. The molecule has 1 aromatic heterocycles. The molecule has 1 N–H and O–H groups in total. The van der Waals surface area contributed by atoms with E-state index < -0.39 is 0 Å². The minimum absolute atomic E-state index is 0.430. The normalized spacial score (nSPS) is 23.1. The predicted octanol–water partition coefficient (Wildman–Crippen LogP) is -0.0284. The predicted molar refractivity (Wildman–Crippen MR) is 80.7 cm³/mol. The van der Waals surface area contributed by atoms with Crippen molar-refractivity contribution < 1.29 is 0 Å². The molecule has 0 aliphatic carbocycles. The molecule has 1 aliphatic rings. The van der Waals surface area contributed by atoms with Crippen LogP contribution < -0.4 is 5.32 Å². The van der Waals surface area contributed by atoms with Crippen LogP contribution in [0.3, 0.4) is 0 Å². The zero-order chi connectivity index (χ0) is 14.5. The van der Waals surface area contributed by atoms with Gasteiger partial charge < -0.3 is 10.2 Å². The summed E-state index contributed by atoms with van der Waals surface area (Å²) >= 11 is 0. The number of rotatable bonds is 6. The smallest absolute Gasteiger partial charge is 0.0843 e. The summed E-state index contributed by atoms with van der Waals surface area (Å²) in [5.41, 5.74) is 1.07. The summed E-state index contributed by atoms with van der Waals surface area (Å²) in [5.74, 6) is 0. The van der Waals surface area contributed by atoms with Crippen LogP contribution in [0.4, 0.5) is 0 Å². The molecule has 6 nitrogen and oxygen atoms in total. The average molecular weight is 280 g/mol. The third-order valence-electron chi connectivity index (χ3n) is 4.10. The Morgan fingerprint density at radius 3 is 2.80 bits per heavy atom. The van der Waals surface area contributed by atoms with Gasteiger partial charge in [-0.2, -0.15) is 0 Å². The van der Waals surface area contributed by atoms with E-state index in [9.17, 15) is 0 Å². The number of aryl methyl sites for hydroxylation is 1. The minimum atomic E-state index is 0.430. The van der Waals surface area contributed by atoms with Crippen molar-refractivity contribution in [2.45, 2.75) is 31.8 Å². The van der Waals surface area contributed by atoms with Crippen LogP contribution in [0.15, 0.2) is 6.20 Å². The first kappa shape index (κ1) is 15.4. The highest BCUT2D eigenvalue weighted by atomic mass is 15.4. The summed E-state index contributed by atoms with van der Waals surface area (Å²) in [4.78, 5) is 4.89. The Hall–Kier alpha value is -0.980. The van der Waals surface area contributed by atoms with Crippen molar-refractivity contribution in [2.24, 2.45) is 7.05 Å². The standard InChI is InChI=1S/C14H28N6/c1-5-6-15-13(9-12-10-20(4)17-16-12)14-11-18(2)7-8-19(14)3/h10,13-15H,5-9,11H2,1-4H3. The summed E-state index contributed by atoms with van der Waals surface area (Å²) in [6.45, 7) is 6.66. The number of hydrogen-bond acceptors (Lipinski definition) is 5. The lowest BCUT2D eigenvalue weighted by Crippen LogP contribution is -2.59. The summed E-state index contributed by atoms with van der Waals surface area (Å²) in [7, 11) is 6.36. The Morgan fingerprint density at radius 2 is 2.15 bits per heavy atom. The molecule has 0 bridgehead atoms. The third-order valence-corrected chi connectivity index (χ3v) is 4.10. The molecular weight excluding hydrogens is 252 g/mol. The van der Waals surface area contributed by atoms with Gasteiger partial charge in [0.25, 0.3) is 0 Å². The highest BCUT2D eigenvalue weighted by molar-refractivity contribution is 5.00. The molecule has 1 fully saturated rings. The zero-order valence-corrected chi connectivity index (χ0v) is 13.2. The van der Waals surface area contributed by atoms with Gasteiger partial charge in [-0.05, 0) is 27.1 Å². The number of piperazine rings is 1. The number of hydrogen-bond donors (Lipinski definition) is 1. The van der Waals surface area contributed by atoms with Gasteiger partial charge in [0.1, 0.15) is 0 Å². The molecule has 1 aromatic rings. The van der Waals surface area contributed by atoms with Gasteiger partial charge in [-0.1, -0.05) is 12.1 Å². The molecule has 0 radical (unpaired) electrons. The van der Waals surface area contributed by atoms with E-state index in [1.165, 1.54) is 0 Å². The molecule has 114 valence electrons. The lowest BCUT2D eigenvalue weighted by molar-refractivity contribution is 0.0874. The first-order valence-corrected chi connectivity index (χ1v) is 7.57. The van der Waals surface area contributed by atoms with E-state index in [0.717, 1.165) is 44.7 Å². The highest BCUT2D eigenvalue weighted by Gasteiger charge is 2.30. The first-order valence-electron chi connectivity index (χ1n) is 7.57. The molecule has 2 unspecified atom stereocenters. The van der Waals surface area contributed by atoms with Crippen LogP contribution in [-0.2, 0) is 13.5 Å². The van der Waals surface area contributed by atoms with E-state index in [-0.39, 0.29) is 0 Å². The fourth-order valence-electron chi connectivity index (χ4n) is 2.87. The highest BCUT2D eigenvalue weighted by Crippen LogP contribution is 2.13. The van der Waals surface area contributed by atoms with Crippen molar-refractivity contribution in [2.75, 3.05) is 40.3 Å². The van der Waals surface area contributed by atoms with Crippen molar-refractivity contribution in [3.63, 3.8) is 0 Å². The van der Waals surface area contributed by atoms with Gasteiger partial charge in [-0.25, -0.2) is 0 Å². The molecule has 2 rings (SSSR count). The Morgan fingerprint density at radius 1 is 1.35 bits per heavy atom. The average Bonchev–Trinajstić information content (AvgIpc) is 2.83. The van der Waals surface area contributed by atoms with Crippen molar-refractivity contribution in [1.82, 2.24) is 30.1 Å². The lowest BCUT2D eigenvalue weighted by atomic mass is 9.99. The number of aromatic nitrogens is 3. The van der Waals surface area contributed by atoms with E-state index in [4.69, 9.17) is 0 Å². The topological polar surface area (TPSA) is 49.2 Å². The largest absolute Gasteiger partial charge is 0.312 e. The molecular formula is C14H28N6. The minimum Gasteiger partial charge on any atom is -0.312 e. The van der Waals surface area contributed by atoms with Gasteiger partial charge in [0.2, 0.25) is 0 Å². The number of likely N-dealkylation sites (N-methyl/N-ethyl adjacent to an activating group) is 2. The summed E-state index contributed by atoms with van der Waals surface area (Å²) in [6, 6.07) is 0.960. The monoisotopic (exact) mass is 280 g/mol. The molecule has 0 spiro atoms. The molecule has 2 atom stereocenters. The van der Waals surface area contributed by atoms with Gasteiger partial charge >= 0.3 is 0 Å². The molecule has 6 heteroatoms. The maximum absolute atomic E-state index is 4.24. The second-order valence-corrected chi connectivity index (χ2v) is 5.96. The van der Waals surface area contributed by atoms with Crippen molar-refractivity contribution in [3.05, 3.63) is 11.9 Å². The van der Waals surface area contributed by atoms with Crippen molar-refractivity contribution in [1.29, 1.82) is 0 Å². The maximum atomic E-state index is 4.24. The maximum Gasteiger partial charge on any atom is 0.0843 e. The number of nitrogens with zero attached hydrogens (tertiary/aromatic N) is 5. The fourth-order valence-corrected chi connectivity index (χ4v) is 2.87. The fraction of sp³-hybridized carbons (Fsp3) is 0.857. The number of nitrogens with one attached hydrogen (secondary N) is 1. The summed E-state index contributed by atoms with van der Waals surface area (Å²) in [6.07, 6.45) is 4.12. The Balaban J connectivity index is 2.05. The second-order valence-electron chi connectivity index (χ2n) is 5.96. The van der Waals surface area contributed by atoms with Crippen LogP contribution in [0, 0.1) is 0 Å². The first-order chi connectivity index (χ1) is 9.60. The van der Waals surface area contributed by atoms with E-state index in [1.54, 1.807) is 4.68 Å². The van der Waals surface area contributed by atoms with E-state index >= 15 is 0 Å². The van der Waals surface area contributed by atoms with Crippen LogP contribution in [0.25, 0.3) is 0 Å². The van der Waals surface area contributed by atoms with Gasteiger partial charge in [0.05, 0.1) is 5.69 Å². The molecule has 20 heavy (non-hydrogen) atoms. The molecule has 0 amide bonds. The van der Waals surface area contributed by atoms with Crippen molar-refractivity contribution >= 4 is 0 Å². The molecule has 0 saturated carbocycles. The van der Waals surface area contributed by atoms with E-state index in [2.05, 4.69) is 46.4 Å². The van der Waals surface area contributed by atoms with Crippen LogP contribution >= 0.6 is 0 Å². The van der Waals surface area contributed by atoms with Gasteiger partial charge in [-0.3, -0.25) is 9.58 Å². The second kappa shape index (κ2) is 7.15. The SMILES string of the molecule is CCCNC(Cc1cn(C)nn1)C1CN(C)CCN1C. The quantitative estimate of drug-likeness (QED) is 0.793. The third kappa shape index (κ3) is 4.01.